The molecule has 0 spiro atoms. The van der Waals surface area contributed by atoms with Crippen LogP contribution in [-0.2, 0) is 9.47 Å². The first-order valence-electron chi connectivity index (χ1n) is 9.82. The highest BCUT2D eigenvalue weighted by atomic mass is 16.5. The van der Waals surface area contributed by atoms with Gasteiger partial charge in [-0.3, -0.25) is 0 Å². The van der Waals surface area contributed by atoms with Crippen LogP contribution in [0.2, 0.25) is 0 Å². The highest BCUT2D eigenvalue weighted by molar-refractivity contribution is 5.89. The van der Waals surface area contributed by atoms with Gasteiger partial charge in [-0.2, -0.15) is 0 Å². The Kier molecular flexibility index (Phi) is 8.78. The van der Waals surface area contributed by atoms with E-state index in [0.717, 1.165) is 5.56 Å². The summed E-state index contributed by atoms with van der Waals surface area (Å²) < 4.78 is 9.85. The van der Waals surface area contributed by atoms with Gasteiger partial charge in [-0.05, 0) is 37.3 Å². The average Bonchev–Trinajstić information content (AvgIpc) is 2.78. The molecule has 1 heterocycles. The number of methoxy groups -OCH3 is 1. The number of aromatic hydroxyl groups is 1. The molecule has 1 fully saturated rings. The molecule has 2 aromatic carbocycles. The Balaban J connectivity index is 0.000000262. The van der Waals surface area contributed by atoms with Crippen LogP contribution >= 0.6 is 0 Å². The number of carbonyl (C=O) groups is 1. The van der Waals surface area contributed by atoms with E-state index in [1.165, 1.54) is 7.11 Å². The molecule has 0 bridgehead atoms. The molecule has 0 unspecified atom stereocenters. The molecule has 1 aliphatic heterocycles. The van der Waals surface area contributed by atoms with Gasteiger partial charge in [0.05, 0.1) is 31.6 Å². The number of carbonyl (C=O) groups excluding carboxylic acids is 1. The van der Waals surface area contributed by atoms with Gasteiger partial charge in [0.25, 0.3) is 0 Å². The molecule has 0 radical (unpaired) electrons. The van der Waals surface area contributed by atoms with E-state index in [2.05, 4.69) is 4.74 Å². The van der Waals surface area contributed by atoms with Gasteiger partial charge < -0.3 is 36.7 Å². The Morgan fingerprint density at radius 1 is 1.10 bits per heavy atom. The lowest BCUT2D eigenvalue weighted by molar-refractivity contribution is 0.0548. The molecule has 0 aliphatic carbocycles. The Labute approximate surface area is 182 Å². The Bertz CT molecular complexity index is 946. The number of aryl methyl sites for hydroxylation is 1. The summed E-state index contributed by atoms with van der Waals surface area (Å²) in [6.07, 6.45) is 1.69. The summed E-state index contributed by atoms with van der Waals surface area (Å²) >= 11 is 0. The number of benzene rings is 2. The van der Waals surface area contributed by atoms with Crippen LogP contribution in [0.4, 0.5) is 0 Å². The van der Waals surface area contributed by atoms with E-state index in [0.29, 0.717) is 48.8 Å². The predicted octanol–water partition coefficient (Wildman–Crippen LogP) is 1.89. The molecule has 1 aliphatic rings. The summed E-state index contributed by atoms with van der Waals surface area (Å²) in [5.74, 6) is 0.0390. The van der Waals surface area contributed by atoms with E-state index in [-0.39, 0.29) is 17.5 Å². The van der Waals surface area contributed by atoms with Gasteiger partial charge >= 0.3 is 5.97 Å². The second-order valence-corrected chi connectivity index (χ2v) is 6.92. The minimum atomic E-state index is -0.284. The monoisotopic (exact) mass is 426 g/mol. The zero-order valence-corrected chi connectivity index (χ0v) is 17.9. The summed E-state index contributed by atoms with van der Waals surface area (Å²) in [6.45, 7) is 4.60. The smallest absolute Gasteiger partial charge is 0.337 e. The fourth-order valence-electron chi connectivity index (χ4n) is 2.99. The number of hydrogen-bond acceptors (Lipinski definition) is 8. The van der Waals surface area contributed by atoms with Crippen molar-refractivity contribution in [3.63, 3.8) is 0 Å². The number of phenolic OH excluding ortho intramolecular Hbond substituents is 1. The topological polar surface area (TPSA) is 137 Å². The minimum Gasteiger partial charge on any atom is -0.507 e. The second kappa shape index (κ2) is 11.5. The van der Waals surface area contributed by atoms with E-state index >= 15 is 0 Å². The SMILES string of the molecule is COC(=O)c1cccc(C)c1.NC(N)=C(/C=C(\N)c1ccccc1O)N1CCOCC1. The third-order valence-electron chi connectivity index (χ3n) is 4.59. The maximum atomic E-state index is 10.9. The van der Waals surface area contributed by atoms with Gasteiger partial charge in [0.1, 0.15) is 11.6 Å². The van der Waals surface area contributed by atoms with Crippen LogP contribution in [0.3, 0.4) is 0 Å². The number of ether oxygens (including phenoxy) is 2. The number of rotatable bonds is 4. The van der Waals surface area contributed by atoms with Crippen molar-refractivity contribution in [2.75, 3.05) is 33.4 Å². The molecular weight excluding hydrogens is 396 g/mol. The highest BCUT2D eigenvalue weighted by Gasteiger charge is 2.15. The van der Waals surface area contributed by atoms with Crippen LogP contribution in [-0.4, -0.2) is 49.4 Å². The van der Waals surface area contributed by atoms with Crippen LogP contribution in [0.25, 0.3) is 5.70 Å². The Hall–Kier alpha value is -3.65. The number of esters is 1. The van der Waals surface area contributed by atoms with Crippen LogP contribution < -0.4 is 17.2 Å². The van der Waals surface area contributed by atoms with Crippen molar-refractivity contribution in [3.8, 4) is 5.75 Å². The van der Waals surface area contributed by atoms with Crippen molar-refractivity contribution < 1.29 is 19.4 Å². The molecular formula is C23H30N4O4. The molecule has 31 heavy (non-hydrogen) atoms. The number of morpholine rings is 1. The molecule has 3 rings (SSSR count). The fraction of sp³-hybridized carbons (Fsp3) is 0.261. The fourth-order valence-corrected chi connectivity index (χ4v) is 2.99. The summed E-state index contributed by atoms with van der Waals surface area (Å²) in [7, 11) is 1.38. The highest BCUT2D eigenvalue weighted by Crippen LogP contribution is 2.23. The van der Waals surface area contributed by atoms with E-state index in [1.54, 1.807) is 42.5 Å². The van der Waals surface area contributed by atoms with Gasteiger partial charge in [0, 0.05) is 24.4 Å². The summed E-state index contributed by atoms with van der Waals surface area (Å²) in [6, 6.07) is 14.2. The lowest BCUT2D eigenvalue weighted by atomic mass is 10.1. The van der Waals surface area contributed by atoms with Crippen molar-refractivity contribution in [1.82, 2.24) is 4.90 Å². The third kappa shape index (κ3) is 6.97. The van der Waals surface area contributed by atoms with Crippen molar-refractivity contribution in [3.05, 3.63) is 82.8 Å². The van der Waals surface area contributed by atoms with Gasteiger partial charge in [0.15, 0.2) is 0 Å². The average molecular weight is 427 g/mol. The Morgan fingerprint density at radius 3 is 2.35 bits per heavy atom. The number of nitrogens with zero attached hydrogens (tertiary/aromatic N) is 1. The van der Waals surface area contributed by atoms with E-state index < -0.39 is 0 Å². The molecule has 8 nitrogen and oxygen atoms in total. The van der Waals surface area contributed by atoms with E-state index in [9.17, 15) is 9.90 Å². The zero-order chi connectivity index (χ0) is 22.8. The van der Waals surface area contributed by atoms with Crippen molar-refractivity contribution in [2.24, 2.45) is 17.2 Å². The molecule has 0 aromatic heterocycles. The van der Waals surface area contributed by atoms with Crippen LogP contribution in [0.5, 0.6) is 5.75 Å². The number of para-hydroxylation sites is 1. The Morgan fingerprint density at radius 2 is 1.77 bits per heavy atom. The molecule has 0 atom stereocenters. The molecule has 0 amide bonds. The molecule has 2 aromatic rings. The van der Waals surface area contributed by atoms with Crippen molar-refractivity contribution >= 4 is 11.7 Å². The second-order valence-electron chi connectivity index (χ2n) is 6.92. The minimum absolute atomic E-state index is 0.123. The zero-order valence-electron chi connectivity index (χ0n) is 17.9. The summed E-state index contributed by atoms with van der Waals surface area (Å²) in [4.78, 5) is 13.0. The predicted molar refractivity (Wildman–Crippen MR) is 121 cm³/mol. The third-order valence-corrected chi connectivity index (χ3v) is 4.59. The molecule has 8 heteroatoms. The maximum Gasteiger partial charge on any atom is 0.337 e. The van der Waals surface area contributed by atoms with Crippen LogP contribution in [0.1, 0.15) is 21.5 Å². The van der Waals surface area contributed by atoms with E-state index in [1.807, 2.05) is 24.0 Å². The van der Waals surface area contributed by atoms with Crippen molar-refractivity contribution in [2.45, 2.75) is 6.92 Å². The number of allylic oxidation sites excluding steroid dienone is 1. The normalized spacial score (nSPS) is 13.6. The first kappa shape index (κ1) is 23.6. The van der Waals surface area contributed by atoms with E-state index in [4.69, 9.17) is 21.9 Å². The van der Waals surface area contributed by atoms with Gasteiger partial charge in [-0.15, -0.1) is 0 Å². The molecule has 1 saturated heterocycles. The van der Waals surface area contributed by atoms with Crippen LogP contribution in [0, 0.1) is 6.92 Å². The van der Waals surface area contributed by atoms with Gasteiger partial charge in [-0.1, -0.05) is 29.8 Å². The molecule has 7 N–H and O–H groups in total. The van der Waals surface area contributed by atoms with Gasteiger partial charge in [-0.25, -0.2) is 4.79 Å². The largest absolute Gasteiger partial charge is 0.507 e. The molecule has 166 valence electrons. The number of hydrogen-bond donors (Lipinski definition) is 4. The standard InChI is InChI=1S/C14H20N4O2.C9H10O2/c15-11(10-3-1-2-4-13(10)19)9-12(14(16)17)18-5-7-20-8-6-18;1-7-4-3-5-8(6-7)9(10)11-2/h1-4,9,19H,5-8,15-17H2;3-6H,1-2H3/b11-9-;. The number of nitrogens with two attached hydrogens (primary N) is 3. The first-order chi connectivity index (χ1) is 14.8. The number of phenols is 1. The summed E-state index contributed by atoms with van der Waals surface area (Å²) in [5.41, 5.74) is 20.8. The first-order valence-corrected chi connectivity index (χ1v) is 9.82. The summed E-state index contributed by atoms with van der Waals surface area (Å²) in [5, 5.41) is 9.81. The molecule has 0 saturated carbocycles. The maximum absolute atomic E-state index is 10.9. The quantitative estimate of drug-likeness (QED) is 0.430. The lowest BCUT2D eigenvalue weighted by Gasteiger charge is -2.30. The van der Waals surface area contributed by atoms with Gasteiger partial charge in [0.2, 0.25) is 0 Å². The van der Waals surface area contributed by atoms with Crippen molar-refractivity contribution in [1.29, 1.82) is 0 Å². The van der Waals surface area contributed by atoms with Crippen LogP contribution in [0.15, 0.2) is 66.1 Å². The lowest BCUT2D eigenvalue weighted by Crippen LogP contribution is -2.37.